The van der Waals surface area contributed by atoms with Crippen LogP contribution >= 0.6 is 27.5 Å². The van der Waals surface area contributed by atoms with Crippen LogP contribution in [0.4, 0.5) is 5.69 Å². The highest BCUT2D eigenvalue weighted by Crippen LogP contribution is 2.36. The number of hydrazone groups is 1. The summed E-state index contributed by atoms with van der Waals surface area (Å²) in [5, 5.41) is 15.7. The van der Waals surface area contributed by atoms with Gasteiger partial charge in [-0.15, -0.1) is 0 Å². The van der Waals surface area contributed by atoms with Crippen molar-refractivity contribution >= 4 is 56.9 Å². The van der Waals surface area contributed by atoms with Gasteiger partial charge in [0.1, 0.15) is 0 Å². The van der Waals surface area contributed by atoms with Crippen LogP contribution in [0.15, 0.2) is 45.5 Å². The van der Waals surface area contributed by atoms with Gasteiger partial charge in [-0.2, -0.15) is 10.1 Å². The van der Waals surface area contributed by atoms with Crippen molar-refractivity contribution in [3.8, 4) is 11.5 Å². The van der Waals surface area contributed by atoms with E-state index in [1.807, 2.05) is 0 Å². The molecule has 0 aromatic heterocycles. The van der Waals surface area contributed by atoms with Gasteiger partial charge in [0.05, 0.1) is 45.2 Å². The Labute approximate surface area is 193 Å². The zero-order valence-electron chi connectivity index (χ0n) is 17.3. The van der Waals surface area contributed by atoms with Gasteiger partial charge in [-0.05, 0) is 78.7 Å². The van der Waals surface area contributed by atoms with E-state index in [9.17, 15) is 14.7 Å². The van der Waals surface area contributed by atoms with Gasteiger partial charge < -0.3 is 14.6 Å². The summed E-state index contributed by atoms with van der Waals surface area (Å²) in [6.45, 7) is 5.18. The van der Waals surface area contributed by atoms with Crippen molar-refractivity contribution < 1.29 is 24.2 Å². The number of hydrogen-bond acceptors (Lipinski definition) is 6. The lowest BCUT2D eigenvalue weighted by Gasteiger charge is -2.15. The highest BCUT2D eigenvalue weighted by Gasteiger charge is 2.30. The number of aromatic hydroxyl groups is 1. The molecule has 0 bridgehead atoms. The molecular formula is C22H20BrClN2O5. The summed E-state index contributed by atoms with van der Waals surface area (Å²) >= 11 is 9.42. The van der Waals surface area contributed by atoms with Crippen molar-refractivity contribution in [2.45, 2.75) is 26.9 Å². The third-order valence-electron chi connectivity index (χ3n) is 4.40. The van der Waals surface area contributed by atoms with Crippen LogP contribution in [0.3, 0.4) is 0 Å². The molecule has 0 atom stereocenters. The minimum Gasteiger partial charge on any atom is -0.503 e. The van der Waals surface area contributed by atoms with Crippen molar-refractivity contribution in [1.29, 1.82) is 0 Å². The molecule has 1 aliphatic heterocycles. The van der Waals surface area contributed by atoms with Crippen LogP contribution in [0.1, 0.15) is 36.7 Å². The molecule has 31 heavy (non-hydrogen) atoms. The number of methoxy groups -OCH3 is 1. The third kappa shape index (κ3) is 4.75. The van der Waals surface area contributed by atoms with E-state index in [0.29, 0.717) is 27.0 Å². The van der Waals surface area contributed by atoms with Crippen molar-refractivity contribution in [3.05, 3.63) is 56.5 Å². The van der Waals surface area contributed by atoms with E-state index >= 15 is 0 Å². The predicted molar refractivity (Wildman–Crippen MR) is 123 cm³/mol. The molecule has 1 aliphatic rings. The normalized spacial score (nSPS) is 14.9. The number of hydrogen-bond donors (Lipinski definition) is 1. The fourth-order valence-corrected chi connectivity index (χ4v) is 3.59. The Morgan fingerprint density at radius 1 is 1.29 bits per heavy atom. The summed E-state index contributed by atoms with van der Waals surface area (Å²) in [5.74, 6) is -0.710. The van der Waals surface area contributed by atoms with Gasteiger partial charge in [0.15, 0.2) is 11.5 Å². The van der Waals surface area contributed by atoms with Gasteiger partial charge >= 0.3 is 5.97 Å². The van der Waals surface area contributed by atoms with Crippen LogP contribution in [0.25, 0.3) is 6.08 Å². The minimum atomic E-state index is -0.578. The Morgan fingerprint density at radius 3 is 2.65 bits per heavy atom. The molecule has 7 nitrogen and oxygen atoms in total. The number of carbonyl (C=O) groups excluding carboxylic acids is 2. The number of amides is 1. The van der Waals surface area contributed by atoms with E-state index in [4.69, 9.17) is 21.1 Å². The third-order valence-corrected chi connectivity index (χ3v) is 5.34. The average molecular weight is 508 g/mol. The van der Waals surface area contributed by atoms with Crippen LogP contribution in [-0.4, -0.2) is 35.9 Å². The predicted octanol–water partition coefficient (Wildman–Crippen LogP) is 5.19. The number of halogens is 2. The highest BCUT2D eigenvalue weighted by molar-refractivity contribution is 9.10. The largest absolute Gasteiger partial charge is 0.503 e. The van der Waals surface area contributed by atoms with Crippen molar-refractivity contribution in [1.82, 2.24) is 0 Å². The van der Waals surface area contributed by atoms with Crippen LogP contribution in [0, 0.1) is 0 Å². The first-order valence-corrected chi connectivity index (χ1v) is 10.5. The number of phenolic OH excluding ortho intramolecular Hbond substituents is 1. The summed E-state index contributed by atoms with van der Waals surface area (Å²) < 4.78 is 10.8. The second-order valence-electron chi connectivity index (χ2n) is 7.03. The molecule has 9 heteroatoms. The summed E-state index contributed by atoms with van der Waals surface area (Å²) in [6.07, 6.45) is 1.34. The van der Waals surface area contributed by atoms with E-state index in [-0.39, 0.29) is 34.1 Å². The fraction of sp³-hybridized carbons (Fsp3) is 0.227. The molecule has 0 saturated heterocycles. The molecule has 0 radical (unpaired) electrons. The highest BCUT2D eigenvalue weighted by atomic mass is 79.9. The number of anilines is 1. The van der Waals surface area contributed by atoms with Gasteiger partial charge in [-0.3, -0.25) is 4.79 Å². The molecule has 3 rings (SSSR count). The number of nitrogens with zero attached hydrogens (tertiary/aromatic N) is 2. The minimum absolute atomic E-state index is 0.0311. The lowest BCUT2D eigenvalue weighted by atomic mass is 10.1. The second-order valence-corrected chi connectivity index (χ2v) is 8.29. The Hall–Kier alpha value is -2.84. The van der Waals surface area contributed by atoms with Crippen molar-refractivity contribution in [2.24, 2.45) is 5.10 Å². The van der Waals surface area contributed by atoms with Crippen LogP contribution in [-0.2, 0) is 9.53 Å². The first-order chi connectivity index (χ1) is 14.6. The fourth-order valence-electron chi connectivity index (χ4n) is 2.94. The lowest BCUT2D eigenvalue weighted by molar-refractivity contribution is -0.114. The topological polar surface area (TPSA) is 88.4 Å². The molecule has 2 aromatic rings. The molecule has 0 aliphatic carbocycles. The Balaban J connectivity index is 1.96. The number of esters is 1. The van der Waals surface area contributed by atoms with E-state index in [1.54, 1.807) is 45.0 Å². The lowest BCUT2D eigenvalue weighted by Crippen LogP contribution is -2.22. The Morgan fingerprint density at radius 2 is 2.00 bits per heavy atom. The van der Waals surface area contributed by atoms with Gasteiger partial charge in [0.25, 0.3) is 5.91 Å². The molecule has 0 spiro atoms. The molecule has 0 fully saturated rings. The van der Waals surface area contributed by atoms with Gasteiger partial charge in [0.2, 0.25) is 0 Å². The maximum Gasteiger partial charge on any atom is 0.339 e. The average Bonchev–Trinajstić information content (AvgIpc) is 2.98. The molecule has 2 aromatic carbocycles. The standard InChI is InChI=1S/C22H20BrClN2O5/c1-11(2)31-22(29)16-10-14(5-6-18(16)24)26-21(28)15(12(3)25-26)7-13-8-17(23)20(27)19(9-13)30-4/h5-11,27H,1-4H3/b15-7-. The number of ether oxygens (including phenoxy) is 2. The summed E-state index contributed by atoms with van der Waals surface area (Å²) in [7, 11) is 1.44. The van der Waals surface area contributed by atoms with Crippen LogP contribution < -0.4 is 9.75 Å². The number of carbonyl (C=O) groups is 2. The maximum atomic E-state index is 13.1. The smallest absolute Gasteiger partial charge is 0.339 e. The molecule has 1 N–H and O–H groups in total. The summed E-state index contributed by atoms with van der Waals surface area (Å²) in [6, 6.07) is 7.88. The molecule has 162 valence electrons. The second kappa shape index (κ2) is 9.11. The zero-order valence-corrected chi connectivity index (χ0v) is 19.6. The molecule has 0 unspecified atom stereocenters. The number of benzene rings is 2. The SMILES string of the molecule is COc1cc(/C=C2\C(=O)N(c3ccc(Cl)c(C(=O)OC(C)C)c3)N=C2C)cc(Br)c1O. The molecule has 1 heterocycles. The first-order valence-electron chi connectivity index (χ1n) is 9.31. The Kier molecular flexibility index (Phi) is 6.71. The van der Waals surface area contributed by atoms with E-state index < -0.39 is 5.97 Å². The summed E-state index contributed by atoms with van der Waals surface area (Å²) in [5.41, 5.74) is 2.03. The summed E-state index contributed by atoms with van der Waals surface area (Å²) in [4.78, 5) is 25.4. The van der Waals surface area contributed by atoms with Gasteiger partial charge in [-0.25, -0.2) is 4.79 Å². The molecule has 1 amide bonds. The van der Waals surface area contributed by atoms with E-state index in [1.165, 1.54) is 24.3 Å². The Bertz CT molecular complexity index is 1130. The van der Waals surface area contributed by atoms with Gasteiger partial charge in [0, 0.05) is 0 Å². The molecular weight excluding hydrogens is 488 g/mol. The first kappa shape index (κ1) is 22.8. The van der Waals surface area contributed by atoms with Crippen molar-refractivity contribution in [3.63, 3.8) is 0 Å². The number of rotatable bonds is 5. The maximum absolute atomic E-state index is 13.1. The van der Waals surface area contributed by atoms with Crippen LogP contribution in [0.2, 0.25) is 5.02 Å². The zero-order chi connectivity index (χ0) is 22.9. The molecule has 0 saturated carbocycles. The van der Waals surface area contributed by atoms with E-state index in [2.05, 4.69) is 21.0 Å². The van der Waals surface area contributed by atoms with Crippen molar-refractivity contribution in [2.75, 3.05) is 12.1 Å². The monoisotopic (exact) mass is 506 g/mol. The quantitative estimate of drug-likeness (QED) is 0.444. The van der Waals surface area contributed by atoms with E-state index in [0.717, 1.165) is 0 Å². The number of phenols is 1. The van der Waals surface area contributed by atoms with Gasteiger partial charge in [-0.1, -0.05) is 11.6 Å². The van der Waals surface area contributed by atoms with Crippen LogP contribution in [0.5, 0.6) is 11.5 Å².